The molecular formula is C19H24N4O2. The summed E-state index contributed by atoms with van der Waals surface area (Å²) >= 11 is 0. The van der Waals surface area contributed by atoms with Crippen molar-refractivity contribution in [2.75, 3.05) is 31.6 Å². The molecule has 3 rings (SSSR count). The van der Waals surface area contributed by atoms with Crippen LogP contribution in [0.25, 0.3) is 0 Å². The van der Waals surface area contributed by atoms with Gasteiger partial charge in [0.25, 0.3) is 5.91 Å². The van der Waals surface area contributed by atoms with E-state index in [2.05, 4.69) is 15.1 Å². The Bertz CT molecular complexity index is 755. The Morgan fingerprint density at radius 3 is 2.64 bits per heavy atom. The monoisotopic (exact) mass is 340 g/mol. The predicted molar refractivity (Wildman–Crippen MR) is 97.0 cm³/mol. The minimum atomic E-state index is -0.0134. The van der Waals surface area contributed by atoms with Gasteiger partial charge in [-0.25, -0.2) is 0 Å². The van der Waals surface area contributed by atoms with Gasteiger partial charge in [-0.3, -0.25) is 4.79 Å². The maximum absolute atomic E-state index is 12.4. The molecule has 0 atom stereocenters. The van der Waals surface area contributed by atoms with E-state index in [-0.39, 0.29) is 18.6 Å². The standard InChI is InChI=1S/C19H24N4O2/c1-13-5-6-14(2)17(9-13)25-12-19(24)22(4)16-10-23(11-16)18-8-7-15(3)20-21-18/h5-9,16H,10-12H2,1-4H3. The van der Waals surface area contributed by atoms with Gasteiger partial charge in [-0.05, 0) is 50.1 Å². The molecule has 2 aromatic rings. The van der Waals surface area contributed by atoms with Gasteiger partial charge in [0, 0.05) is 20.1 Å². The predicted octanol–water partition coefficient (Wildman–Crippen LogP) is 2.13. The molecule has 25 heavy (non-hydrogen) atoms. The summed E-state index contributed by atoms with van der Waals surface area (Å²) in [6.07, 6.45) is 0. The molecule has 0 aliphatic carbocycles. The number of rotatable bonds is 5. The molecule has 0 spiro atoms. The lowest BCUT2D eigenvalue weighted by Gasteiger charge is -2.44. The first kappa shape index (κ1) is 17.2. The zero-order valence-corrected chi connectivity index (χ0v) is 15.2. The maximum Gasteiger partial charge on any atom is 0.260 e. The van der Waals surface area contributed by atoms with Gasteiger partial charge in [0.05, 0.1) is 11.7 Å². The second kappa shape index (κ2) is 7.09. The van der Waals surface area contributed by atoms with Gasteiger partial charge in [-0.2, -0.15) is 5.10 Å². The summed E-state index contributed by atoms with van der Waals surface area (Å²) < 4.78 is 5.72. The van der Waals surface area contributed by atoms with Gasteiger partial charge in [0.1, 0.15) is 5.75 Å². The van der Waals surface area contributed by atoms with Crippen molar-refractivity contribution < 1.29 is 9.53 Å². The van der Waals surface area contributed by atoms with E-state index in [1.54, 1.807) is 4.90 Å². The molecule has 0 bridgehead atoms. The number of aryl methyl sites for hydroxylation is 3. The highest BCUT2D eigenvalue weighted by Gasteiger charge is 2.33. The quantitative estimate of drug-likeness (QED) is 0.834. The van der Waals surface area contributed by atoms with Gasteiger partial charge in [-0.15, -0.1) is 5.10 Å². The number of nitrogens with zero attached hydrogens (tertiary/aromatic N) is 4. The molecule has 132 valence electrons. The highest BCUT2D eigenvalue weighted by atomic mass is 16.5. The van der Waals surface area contributed by atoms with E-state index in [1.807, 2.05) is 58.2 Å². The smallest absolute Gasteiger partial charge is 0.260 e. The summed E-state index contributed by atoms with van der Waals surface area (Å²) in [5.74, 6) is 1.61. The van der Waals surface area contributed by atoms with Crippen LogP contribution in [0.15, 0.2) is 30.3 Å². The highest BCUT2D eigenvalue weighted by molar-refractivity contribution is 5.78. The Morgan fingerprint density at radius 1 is 1.20 bits per heavy atom. The van der Waals surface area contributed by atoms with E-state index in [0.29, 0.717) is 0 Å². The fourth-order valence-electron chi connectivity index (χ4n) is 2.76. The molecular weight excluding hydrogens is 316 g/mol. The topological polar surface area (TPSA) is 58.6 Å². The molecule has 0 saturated carbocycles. The average molecular weight is 340 g/mol. The zero-order chi connectivity index (χ0) is 18.0. The van der Waals surface area contributed by atoms with Crippen LogP contribution in [-0.4, -0.2) is 53.8 Å². The number of hydrogen-bond donors (Lipinski definition) is 0. The Morgan fingerprint density at radius 2 is 1.96 bits per heavy atom. The molecule has 0 N–H and O–H groups in total. The highest BCUT2D eigenvalue weighted by Crippen LogP contribution is 2.22. The van der Waals surface area contributed by atoms with Crippen LogP contribution in [0.3, 0.4) is 0 Å². The summed E-state index contributed by atoms with van der Waals surface area (Å²) in [4.78, 5) is 16.3. The van der Waals surface area contributed by atoms with Gasteiger partial charge < -0.3 is 14.5 Å². The molecule has 1 aromatic heterocycles. The number of carbonyl (C=O) groups is 1. The molecule has 1 fully saturated rings. The number of benzene rings is 1. The summed E-state index contributed by atoms with van der Waals surface area (Å²) in [5.41, 5.74) is 3.06. The maximum atomic E-state index is 12.4. The van der Waals surface area contributed by atoms with Crippen molar-refractivity contribution in [1.82, 2.24) is 15.1 Å². The number of anilines is 1. The number of carbonyl (C=O) groups excluding carboxylic acids is 1. The van der Waals surface area contributed by atoms with Crippen LogP contribution in [-0.2, 0) is 4.79 Å². The van der Waals surface area contributed by atoms with Gasteiger partial charge in [-0.1, -0.05) is 12.1 Å². The van der Waals surface area contributed by atoms with E-state index in [0.717, 1.165) is 41.5 Å². The molecule has 1 aliphatic heterocycles. The fraction of sp³-hybridized carbons (Fsp3) is 0.421. The first-order valence-corrected chi connectivity index (χ1v) is 8.45. The van der Waals surface area contributed by atoms with E-state index in [1.165, 1.54) is 0 Å². The Kier molecular flexibility index (Phi) is 4.88. The Hall–Kier alpha value is -2.63. The molecule has 0 radical (unpaired) electrons. The third-order valence-corrected chi connectivity index (χ3v) is 4.61. The second-order valence-corrected chi connectivity index (χ2v) is 6.65. The third-order valence-electron chi connectivity index (χ3n) is 4.61. The first-order chi connectivity index (χ1) is 11.9. The van der Waals surface area contributed by atoms with Crippen molar-refractivity contribution in [3.05, 3.63) is 47.2 Å². The number of aromatic nitrogens is 2. The number of amides is 1. The van der Waals surface area contributed by atoms with Crippen LogP contribution in [0.2, 0.25) is 0 Å². The molecule has 0 unspecified atom stereocenters. The Balaban J connectivity index is 1.50. The minimum absolute atomic E-state index is 0.0134. The van der Waals surface area contributed by atoms with Gasteiger partial charge in [0.2, 0.25) is 0 Å². The van der Waals surface area contributed by atoms with Crippen LogP contribution in [0.5, 0.6) is 5.75 Å². The largest absolute Gasteiger partial charge is 0.483 e. The van der Waals surface area contributed by atoms with Crippen LogP contribution < -0.4 is 9.64 Å². The lowest BCUT2D eigenvalue weighted by atomic mass is 10.1. The lowest BCUT2D eigenvalue weighted by molar-refractivity contribution is -0.134. The van der Waals surface area contributed by atoms with Gasteiger partial charge in [0.15, 0.2) is 12.4 Å². The molecule has 6 heteroatoms. The van der Waals surface area contributed by atoms with Crippen molar-refractivity contribution in [2.24, 2.45) is 0 Å². The number of hydrogen-bond acceptors (Lipinski definition) is 5. The minimum Gasteiger partial charge on any atom is -0.483 e. The van der Waals surface area contributed by atoms with Crippen molar-refractivity contribution in [2.45, 2.75) is 26.8 Å². The van der Waals surface area contributed by atoms with Crippen molar-refractivity contribution in [1.29, 1.82) is 0 Å². The van der Waals surface area contributed by atoms with E-state index in [9.17, 15) is 4.79 Å². The summed E-state index contributed by atoms with van der Waals surface area (Å²) in [5, 5.41) is 8.25. The van der Waals surface area contributed by atoms with Crippen LogP contribution in [0, 0.1) is 20.8 Å². The molecule has 1 saturated heterocycles. The first-order valence-electron chi connectivity index (χ1n) is 8.45. The molecule has 6 nitrogen and oxygen atoms in total. The van der Waals surface area contributed by atoms with E-state index < -0.39 is 0 Å². The van der Waals surface area contributed by atoms with Crippen molar-refractivity contribution >= 4 is 11.7 Å². The van der Waals surface area contributed by atoms with Crippen molar-refractivity contribution in [3.63, 3.8) is 0 Å². The summed E-state index contributed by atoms with van der Waals surface area (Å²) in [6, 6.07) is 10.1. The van der Waals surface area contributed by atoms with Gasteiger partial charge >= 0.3 is 0 Å². The second-order valence-electron chi connectivity index (χ2n) is 6.65. The zero-order valence-electron chi connectivity index (χ0n) is 15.2. The molecule has 1 aromatic carbocycles. The average Bonchev–Trinajstić information content (AvgIpc) is 2.55. The number of likely N-dealkylation sites (N-methyl/N-ethyl adjacent to an activating group) is 1. The van der Waals surface area contributed by atoms with Crippen LogP contribution in [0.1, 0.15) is 16.8 Å². The number of ether oxygens (including phenoxy) is 1. The van der Waals surface area contributed by atoms with E-state index in [4.69, 9.17) is 4.74 Å². The molecule has 1 aliphatic rings. The van der Waals surface area contributed by atoms with Crippen LogP contribution >= 0.6 is 0 Å². The normalized spacial score (nSPS) is 14.2. The lowest BCUT2D eigenvalue weighted by Crippen LogP contribution is -2.60. The fourth-order valence-corrected chi connectivity index (χ4v) is 2.76. The summed E-state index contributed by atoms with van der Waals surface area (Å²) in [7, 11) is 1.83. The molecule has 1 amide bonds. The van der Waals surface area contributed by atoms with Crippen molar-refractivity contribution in [3.8, 4) is 5.75 Å². The summed E-state index contributed by atoms with van der Waals surface area (Å²) in [6.45, 7) is 7.50. The van der Waals surface area contributed by atoms with E-state index >= 15 is 0 Å². The molecule has 2 heterocycles. The van der Waals surface area contributed by atoms with Crippen LogP contribution in [0.4, 0.5) is 5.82 Å². The third kappa shape index (κ3) is 3.90. The SMILES string of the molecule is Cc1ccc(C)c(OCC(=O)N(C)C2CN(c3ccc(C)nn3)C2)c1. The Labute approximate surface area is 148 Å².